The number of amides is 2. The van der Waals surface area contributed by atoms with Gasteiger partial charge in [0.2, 0.25) is 11.7 Å². The van der Waals surface area contributed by atoms with Crippen molar-refractivity contribution in [1.82, 2.24) is 15.1 Å². The van der Waals surface area contributed by atoms with Crippen LogP contribution < -0.4 is 5.32 Å². The van der Waals surface area contributed by atoms with Crippen LogP contribution in [-0.2, 0) is 27.2 Å². The molecule has 1 aliphatic heterocycles. The number of halogens is 3. The van der Waals surface area contributed by atoms with Gasteiger partial charge in [-0.15, -0.1) is 0 Å². The summed E-state index contributed by atoms with van der Waals surface area (Å²) in [5.74, 6) is -2.34. The van der Waals surface area contributed by atoms with Crippen molar-refractivity contribution in [2.75, 3.05) is 32.4 Å². The van der Waals surface area contributed by atoms with E-state index in [0.717, 1.165) is 55.4 Å². The second-order valence-electron chi connectivity index (χ2n) is 10.7. The highest BCUT2D eigenvalue weighted by molar-refractivity contribution is 7.90. The molecule has 0 spiro atoms. The standard InChI is InChI=1S/C31H36F3N3O5S/c1-3-37(29(38)21-22-9-11-25(12-10-22)43(2,40)41)24-15-18-36(19-16-24)20-17-26(23-7-5-4-6-8-23)35-30(39)27-13-14-28(42-27)31(32,33)34/h4-14,24,26H,3,15-21H2,1-2H3,(H,35,39)/t26-/m0/s1. The molecule has 1 fully saturated rings. The van der Waals surface area contributed by atoms with Crippen LogP contribution in [-0.4, -0.2) is 68.5 Å². The third-order valence-electron chi connectivity index (χ3n) is 7.72. The monoisotopic (exact) mass is 619 g/mol. The van der Waals surface area contributed by atoms with Gasteiger partial charge >= 0.3 is 6.18 Å². The van der Waals surface area contributed by atoms with Crippen LogP contribution in [0.4, 0.5) is 13.2 Å². The number of furan rings is 1. The van der Waals surface area contributed by atoms with E-state index in [1.54, 1.807) is 12.1 Å². The second kappa shape index (κ2) is 13.8. The van der Waals surface area contributed by atoms with Crippen molar-refractivity contribution in [3.8, 4) is 0 Å². The van der Waals surface area contributed by atoms with E-state index < -0.39 is 39.5 Å². The van der Waals surface area contributed by atoms with Gasteiger partial charge in [0.05, 0.1) is 17.4 Å². The number of hydrogen-bond acceptors (Lipinski definition) is 6. The van der Waals surface area contributed by atoms with Crippen LogP contribution >= 0.6 is 0 Å². The Labute approximate surface area is 249 Å². The van der Waals surface area contributed by atoms with E-state index >= 15 is 0 Å². The first-order valence-corrected chi connectivity index (χ1v) is 16.1. The molecule has 0 radical (unpaired) electrons. The Morgan fingerprint density at radius 1 is 1.02 bits per heavy atom. The smallest absolute Gasteiger partial charge is 0.446 e. The average Bonchev–Trinajstić information content (AvgIpc) is 3.48. The summed E-state index contributed by atoms with van der Waals surface area (Å²) in [6, 6.07) is 17.0. The molecule has 2 amide bonds. The number of nitrogens with one attached hydrogen (secondary N) is 1. The maximum absolute atomic E-state index is 13.1. The number of carbonyl (C=O) groups excluding carboxylic acids is 2. The lowest BCUT2D eigenvalue weighted by Crippen LogP contribution is -2.48. The molecule has 0 unspecified atom stereocenters. The quantitative estimate of drug-likeness (QED) is 0.320. The molecule has 4 rings (SSSR count). The SMILES string of the molecule is CCN(C(=O)Cc1ccc(S(C)(=O)=O)cc1)C1CCN(CC[C@H](NC(=O)c2ccc(C(F)(F)F)o2)c2ccccc2)CC1. The number of benzene rings is 2. The highest BCUT2D eigenvalue weighted by atomic mass is 32.2. The summed E-state index contributed by atoms with van der Waals surface area (Å²) in [6.45, 7) is 4.65. The number of likely N-dealkylation sites (tertiary alicyclic amines) is 1. The van der Waals surface area contributed by atoms with E-state index in [9.17, 15) is 31.2 Å². The second-order valence-corrected chi connectivity index (χ2v) is 12.7. The fourth-order valence-electron chi connectivity index (χ4n) is 5.38. The topological polar surface area (TPSA) is 99.9 Å². The van der Waals surface area contributed by atoms with Crippen molar-refractivity contribution in [3.05, 3.63) is 89.4 Å². The van der Waals surface area contributed by atoms with E-state index in [2.05, 4.69) is 10.2 Å². The minimum absolute atomic E-state index is 0.00786. The molecule has 43 heavy (non-hydrogen) atoms. The Morgan fingerprint density at radius 2 is 1.67 bits per heavy atom. The summed E-state index contributed by atoms with van der Waals surface area (Å²) in [5.41, 5.74) is 1.59. The molecule has 3 aromatic rings. The van der Waals surface area contributed by atoms with E-state index in [4.69, 9.17) is 4.42 Å². The zero-order valence-corrected chi connectivity index (χ0v) is 25.0. The molecule has 1 N–H and O–H groups in total. The summed E-state index contributed by atoms with van der Waals surface area (Å²) in [4.78, 5) is 30.3. The molecule has 8 nitrogen and oxygen atoms in total. The Hall–Kier alpha value is -3.64. The molecule has 0 bridgehead atoms. The molecule has 12 heteroatoms. The Kier molecular flexibility index (Phi) is 10.3. The van der Waals surface area contributed by atoms with E-state index in [1.807, 2.05) is 42.2 Å². The normalized spacial score (nSPS) is 15.7. The highest BCUT2D eigenvalue weighted by Gasteiger charge is 2.35. The number of alkyl halides is 3. The summed E-state index contributed by atoms with van der Waals surface area (Å²) in [7, 11) is -3.30. The number of sulfone groups is 1. The van der Waals surface area contributed by atoms with Crippen LogP contribution in [0.15, 0.2) is 76.0 Å². The molecule has 1 aliphatic rings. The Morgan fingerprint density at radius 3 is 2.23 bits per heavy atom. The Bertz CT molecular complexity index is 1480. The lowest BCUT2D eigenvalue weighted by Gasteiger charge is -2.38. The zero-order chi connectivity index (χ0) is 31.2. The number of rotatable bonds is 11. The fourth-order valence-corrected chi connectivity index (χ4v) is 6.01. The molecule has 0 aliphatic carbocycles. The van der Waals surface area contributed by atoms with Crippen LogP contribution in [0.5, 0.6) is 0 Å². The van der Waals surface area contributed by atoms with Crippen LogP contribution in [0.2, 0.25) is 0 Å². The first-order valence-electron chi connectivity index (χ1n) is 14.2. The van der Waals surface area contributed by atoms with Crippen molar-refractivity contribution >= 4 is 21.7 Å². The average molecular weight is 620 g/mol. The number of likely N-dealkylation sites (N-methyl/N-ethyl adjacent to an activating group) is 1. The lowest BCUT2D eigenvalue weighted by molar-refractivity contribution is -0.153. The minimum atomic E-state index is -4.67. The maximum atomic E-state index is 13.1. The zero-order valence-electron chi connectivity index (χ0n) is 24.1. The van der Waals surface area contributed by atoms with Crippen LogP contribution in [0, 0.1) is 0 Å². The van der Waals surface area contributed by atoms with Crippen molar-refractivity contribution in [1.29, 1.82) is 0 Å². The van der Waals surface area contributed by atoms with Gasteiger partial charge in [-0.25, -0.2) is 8.42 Å². The van der Waals surface area contributed by atoms with Crippen molar-refractivity contribution in [3.63, 3.8) is 0 Å². The van der Waals surface area contributed by atoms with Gasteiger partial charge < -0.3 is 19.5 Å². The first kappa shape index (κ1) is 32.3. The first-order chi connectivity index (χ1) is 20.3. The number of nitrogens with zero attached hydrogens (tertiary/aromatic N) is 2. The molecule has 1 aromatic heterocycles. The third-order valence-corrected chi connectivity index (χ3v) is 8.84. The predicted octanol–water partition coefficient (Wildman–Crippen LogP) is 5.12. The van der Waals surface area contributed by atoms with Gasteiger partial charge in [0.1, 0.15) is 0 Å². The number of carbonyl (C=O) groups is 2. The lowest BCUT2D eigenvalue weighted by atomic mass is 9.99. The number of piperidine rings is 1. The third kappa shape index (κ3) is 8.70. The van der Waals surface area contributed by atoms with Gasteiger partial charge in [0.15, 0.2) is 15.6 Å². The molecular weight excluding hydrogens is 583 g/mol. The maximum Gasteiger partial charge on any atom is 0.449 e. The van der Waals surface area contributed by atoms with E-state index in [0.29, 0.717) is 19.5 Å². The van der Waals surface area contributed by atoms with Crippen molar-refractivity contribution < 1.29 is 35.6 Å². The van der Waals surface area contributed by atoms with Crippen LogP contribution in [0.1, 0.15) is 59.7 Å². The Balaban J connectivity index is 1.32. The summed E-state index contributed by atoms with van der Waals surface area (Å²) >= 11 is 0. The molecule has 1 saturated heterocycles. The van der Waals surface area contributed by atoms with Crippen molar-refractivity contribution in [2.45, 2.75) is 55.8 Å². The van der Waals surface area contributed by atoms with Gasteiger partial charge in [-0.2, -0.15) is 13.2 Å². The fraction of sp³-hybridized carbons (Fsp3) is 0.419. The summed E-state index contributed by atoms with van der Waals surface area (Å²) in [5, 5.41) is 2.83. The molecular formula is C31H36F3N3O5S. The molecule has 232 valence electrons. The summed E-state index contributed by atoms with van der Waals surface area (Å²) in [6.07, 6.45) is -1.24. The molecule has 0 saturated carbocycles. The molecule has 1 atom stereocenters. The van der Waals surface area contributed by atoms with Gasteiger partial charge in [-0.3, -0.25) is 9.59 Å². The molecule has 2 aromatic carbocycles. The van der Waals surface area contributed by atoms with Gasteiger partial charge in [-0.1, -0.05) is 42.5 Å². The minimum Gasteiger partial charge on any atom is -0.446 e. The highest BCUT2D eigenvalue weighted by Crippen LogP contribution is 2.31. The van der Waals surface area contributed by atoms with Crippen LogP contribution in [0.3, 0.4) is 0 Å². The van der Waals surface area contributed by atoms with Crippen molar-refractivity contribution in [2.24, 2.45) is 0 Å². The number of hydrogen-bond donors (Lipinski definition) is 1. The largest absolute Gasteiger partial charge is 0.449 e. The summed E-state index contributed by atoms with van der Waals surface area (Å²) < 4.78 is 67.0. The van der Waals surface area contributed by atoms with E-state index in [1.165, 1.54) is 12.1 Å². The van der Waals surface area contributed by atoms with Crippen LogP contribution in [0.25, 0.3) is 0 Å². The van der Waals surface area contributed by atoms with Gasteiger partial charge in [-0.05, 0) is 61.6 Å². The molecule has 2 heterocycles. The predicted molar refractivity (Wildman–Crippen MR) is 155 cm³/mol. The van der Waals surface area contributed by atoms with E-state index in [-0.39, 0.29) is 23.3 Å². The van der Waals surface area contributed by atoms with Gasteiger partial charge in [0.25, 0.3) is 5.91 Å². The van der Waals surface area contributed by atoms with Gasteiger partial charge in [0, 0.05) is 38.5 Å².